The second-order valence-electron chi connectivity index (χ2n) is 6.81. The van der Waals surface area contributed by atoms with Gasteiger partial charge in [-0.2, -0.15) is 0 Å². The smallest absolute Gasteiger partial charge is 0.225 e. The summed E-state index contributed by atoms with van der Waals surface area (Å²) >= 11 is 3.40. The third-order valence-corrected chi connectivity index (χ3v) is 4.10. The SMILES string of the molecule is CC(C)(C)C(=O)NCCC(=O)NCc1ccc(-c2ccc(Br)cc2)o1. The van der Waals surface area contributed by atoms with Crippen molar-refractivity contribution in [1.29, 1.82) is 0 Å². The molecule has 0 fully saturated rings. The fourth-order valence-electron chi connectivity index (χ4n) is 2.07. The van der Waals surface area contributed by atoms with E-state index in [4.69, 9.17) is 4.42 Å². The minimum absolute atomic E-state index is 0.0644. The fourth-order valence-corrected chi connectivity index (χ4v) is 2.34. The van der Waals surface area contributed by atoms with Crippen LogP contribution in [0.3, 0.4) is 0 Å². The van der Waals surface area contributed by atoms with Crippen molar-refractivity contribution < 1.29 is 14.0 Å². The van der Waals surface area contributed by atoms with Crippen molar-refractivity contribution in [2.75, 3.05) is 6.54 Å². The Balaban J connectivity index is 1.77. The average Bonchev–Trinajstić information content (AvgIpc) is 3.01. The van der Waals surface area contributed by atoms with Gasteiger partial charge in [-0.15, -0.1) is 0 Å². The van der Waals surface area contributed by atoms with Gasteiger partial charge in [-0.3, -0.25) is 9.59 Å². The molecule has 0 atom stereocenters. The zero-order valence-corrected chi connectivity index (χ0v) is 16.3. The molecule has 6 heteroatoms. The molecule has 2 aromatic rings. The van der Waals surface area contributed by atoms with Crippen LogP contribution in [-0.2, 0) is 16.1 Å². The number of nitrogens with one attached hydrogen (secondary N) is 2. The van der Waals surface area contributed by atoms with E-state index in [0.717, 1.165) is 15.8 Å². The molecular weight excluding hydrogens is 384 g/mol. The predicted octanol–water partition coefficient (Wildman–Crippen LogP) is 3.88. The van der Waals surface area contributed by atoms with Gasteiger partial charge in [0.2, 0.25) is 11.8 Å². The third kappa shape index (κ3) is 6.05. The summed E-state index contributed by atoms with van der Waals surface area (Å²) < 4.78 is 6.76. The first-order chi connectivity index (χ1) is 11.8. The van der Waals surface area contributed by atoms with Crippen LogP contribution in [0.1, 0.15) is 33.0 Å². The van der Waals surface area contributed by atoms with Crippen LogP contribution in [0.25, 0.3) is 11.3 Å². The van der Waals surface area contributed by atoms with Gasteiger partial charge in [0.05, 0.1) is 6.54 Å². The maximum atomic E-state index is 11.9. The summed E-state index contributed by atoms with van der Waals surface area (Å²) in [7, 11) is 0. The van der Waals surface area contributed by atoms with Gasteiger partial charge in [-0.25, -0.2) is 0 Å². The lowest BCUT2D eigenvalue weighted by molar-refractivity contribution is -0.128. The van der Waals surface area contributed by atoms with Crippen LogP contribution in [0, 0.1) is 5.41 Å². The number of amides is 2. The lowest BCUT2D eigenvalue weighted by Crippen LogP contribution is -2.37. The molecule has 1 aromatic heterocycles. The molecule has 134 valence electrons. The number of rotatable bonds is 6. The summed E-state index contributed by atoms with van der Waals surface area (Å²) in [6, 6.07) is 11.6. The van der Waals surface area contributed by atoms with Gasteiger partial charge in [0, 0.05) is 28.4 Å². The Kier molecular flexibility index (Phi) is 6.42. The highest BCUT2D eigenvalue weighted by Gasteiger charge is 2.20. The van der Waals surface area contributed by atoms with Crippen molar-refractivity contribution in [1.82, 2.24) is 10.6 Å². The minimum atomic E-state index is -0.450. The maximum absolute atomic E-state index is 11.9. The molecule has 0 spiro atoms. The van der Waals surface area contributed by atoms with Gasteiger partial charge in [0.1, 0.15) is 11.5 Å². The highest BCUT2D eigenvalue weighted by Crippen LogP contribution is 2.23. The van der Waals surface area contributed by atoms with E-state index in [9.17, 15) is 9.59 Å². The lowest BCUT2D eigenvalue weighted by atomic mass is 9.96. The lowest BCUT2D eigenvalue weighted by Gasteiger charge is -2.17. The predicted molar refractivity (Wildman–Crippen MR) is 101 cm³/mol. The first-order valence-corrected chi connectivity index (χ1v) is 8.94. The first-order valence-electron chi connectivity index (χ1n) is 8.15. The van der Waals surface area contributed by atoms with E-state index in [1.54, 1.807) is 0 Å². The monoisotopic (exact) mass is 406 g/mol. The Labute approximate surface area is 156 Å². The summed E-state index contributed by atoms with van der Waals surface area (Å²) in [5.74, 6) is 1.25. The zero-order chi connectivity index (χ0) is 18.4. The molecule has 0 saturated heterocycles. The number of halogens is 1. The summed E-state index contributed by atoms with van der Waals surface area (Å²) in [4.78, 5) is 23.6. The summed E-state index contributed by atoms with van der Waals surface area (Å²) in [6.45, 7) is 6.15. The third-order valence-electron chi connectivity index (χ3n) is 3.57. The number of carbonyl (C=O) groups is 2. The molecule has 0 bridgehead atoms. The summed E-state index contributed by atoms with van der Waals surface area (Å²) in [5.41, 5.74) is 0.527. The van der Waals surface area contributed by atoms with E-state index >= 15 is 0 Å². The molecule has 0 aliphatic heterocycles. The molecule has 0 saturated carbocycles. The second kappa shape index (κ2) is 8.34. The Bertz CT molecular complexity index is 730. The largest absolute Gasteiger partial charge is 0.459 e. The summed E-state index contributed by atoms with van der Waals surface area (Å²) in [6.07, 6.45) is 0.238. The van der Waals surface area contributed by atoms with Crippen LogP contribution in [0.2, 0.25) is 0 Å². The number of furan rings is 1. The molecule has 0 radical (unpaired) electrons. The number of hydrogen-bond donors (Lipinski definition) is 2. The van der Waals surface area contributed by atoms with E-state index in [-0.39, 0.29) is 18.2 Å². The normalized spacial score (nSPS) is 11.2. The van der Waals surface area contributed by atoms with Crippen LogP contribution in [0.4, 0.5) is 0 Å². The summed E-state index contributed by atoms with van der Waals surface area (Å²) in [5, 5.41) is 5.55. The van der Waals surface area contributed by atoms with Gasteiger partial charge in [0.25, 0.3) is 0 Å². The zero-order valence-electron chi connectivity index (χ0n) is 14.7. The van der Waals surface area contributed by atoms with Gasteiger partial charge in [-0.05, 0) is 24.3 Å². The molecule has 5 nitrogen and oxygen atoms in total. The maximum Gasteiger partial charge on any atom is 0.225 e. The van der Waals surface area contributed by atoms with E-state index in [1.165, 1.54) is 0 Å². The van der Waals surface area contributed by atoms with E-state index in [1.807, 2.05) is 57.2 Å². The van der Waals surface area contributed by atoms with Crippen molar-refractivity contribution in [2.45, 2.75) is 33.7 Å². The van der Waals surface area contributed by atoms with Crippen LogP contribution in [-0.4, -0.2) is 18.4 Å². The van der Waals surface area contributed by atoms with Gasteiger partial charge in [-0.1, -0.05) is 48.8 Å². The standard InChI is InChI=1S/C19H23BrN2O3/c1-19(2,3)18(24)21-11-10-17(23)22-12-15-8-9-16(25-15)13-4-6-14(20)7-5-13/h4-9H,10-12H2,1-3H3,(H,21,24)(H,22,23). The Morgan fingerprint density at radius 3 is 2.36 bits per heavy atom. The second-order valence-corrected chi connectivity index (χ2v) is 7.72. The molecule has 25 heavy (non-hydrogen) atoms. The van der Waals surface area contributed by atoms with Crippen molar-refractivity contribution >= 4 is 27.7 Å². The van der Waals surface area contributed by atoms with Crippen molar-refractivity contribution in [2.24, 2.45) is 5.41 Å². The molecule has 2 rings (SSSR count). The molecule has 0 unspecified atom stereocenters. The molecule has 1 aromatic carbocycles. The highest BCUT2D eigenvalue weighted by atomic mass is 79.9. The molecule has 0 aliphatic carbocycles. The first kappa shape index (κ1) is 19.2. The minimum Gasteiger partial charge on any atom is -0.459 e. The highest BCUT2D eigenvalue weighted by molar-refractivity contribution is 9.10. The molecule has 0 aliphatic rings. The van der Waals surface area contributed by atoms with Crippen LogP contribution >= 0.6 is 15.9 Å². The van der Waals surface area contributed by atoms with E-state index < -0.39 is 5.41 Å². The molecule has 1 heterocycles. The number of carbonyl (C=O) groups excluding carboxylic acids is 2. The number of benzene rings is 1. The van der Waals surface area contributed by atoms with Crippen molar-refractivity contribution in [3.8, 4) is 11.3 Å². The Morgan fingerprint density at radius 1 is 1.04 bits per heavy atom. The van der Waals surface area contributed by atoms with Crippen molar-refractivity contribution in [3.05, 3.63) is 46.6 Å². The van der Waals surface area contributed by atoms with Gasteiger partial charge < -0.3 is 15.1 Å². The Hall–Kier alpha value is -2.08. The van der Waals surface area contributed by atoms with E-state index in [0.29, 0.717) is 18.8 Å². The topological polar surface area (TPSA) is 71.3 Å². The average molecular weight is 407 g/mol. The Morgan fingerprint density at radius 2 is 1.72 bits per heavy atom. The number of hydrogen-bond acceptors (Lipinski definition) is 3. The molecular formula is C19H23BrN2O3. The fraction of sp³-hybridized carbons (Fsp3) is 0.368. The van der Waals surface area contributed by atoms with E-state index in [2.05, 4.69) is 26.6 Å². The quantitative estimate of drug-likeness (QED) is 0.764. The van der Waals surface area contributed by atoms with Crippen LogP contribution < -0.4 is 10.6 Å². The molecule has 2 N–H and O–H groups in total. The molecule has 2 amide bonds. The van der Waals surface area contributed by atoms with Crippen molar-refractivity contribution in [3.63, 3.8) is 0 Å². The van der Waals surface area contributed by atoms with Gasteiger partial charge >= 0.3 is 0 Å². The van der Waals surface area contributed by atoms with Gasteiger partial charge in [0.15, 0.2) is 0 Å². The van der Waals surface area contributed by atoms with Crippen LogP contribution in [0.15, 0.2) is 45.3 Å². The van der Waals surface area contributed by atoms with Crippen LogP contribution in [0.5, 0.6) is 0 Å².